The Morgan fingerprint density at radius 3 is 2.88 bits per heavy atom. The molecule has 1 heterocycles. The largest absolute Gasteiger partial charge is 0.423 e. The molecule has 1 aromatic rings. The van der Waals surface area contributed by atoms with Gasteiger partial charge in [0.2, 0.25) is 11.8 Å². The normalized spacial score (nSPS) is 25.1. The molecule has 2 rings (SSSR count). The maximum Gasteiger partial charge on any atom is 0.242 e. The maximum atomic E-state index is 5.71. The lowest BCUT2D eigenvalue weighted by Crippen LogP contribution is -2.22. The number of nitrogens with two attached hydrogens (primary N) is 1. The minimum absolute atomic E-state index is 0.411. The second-order valence-corrected chi connectivity index (χ2v) is 4.42. The fourth-order valence-electron chi connectivity index (χ4n) is 2.34. The van der Waals surface area contributed by atoms with Gasteiger partial charge in [0, 0.05) is 6.92 Å². The number of hydrogen-bond donors (Lipinski definition) is 1. The molecule has 0 saturated heterocycles. The van der Waals surface area contributed by atoms with Crippen LogP contribution in [0.4, 0.5) is 0 Å². The Bertz CT molecular complexity index is 327. The standard InChI is InChI=1S/C11H19N3O2/c1-8-13-14-11(16-8)7-15-6-10-4-2-3-9(10)5-12/h9-10H,2-7,12H2,1H3. The molecule has 2 atom stereocenters. The Morgan fingerprint density at radius 1 is 1.38 bits per heavy atom. The van der Waals surface area contributed by atoms with Crippen LogP contribution in [0.25, 0.3) is 0 Å². The van der Waals surface area contributed by atoms with Crippen molar-refractivity contribution in [3.63, 3.8) is 0 Å². The summed E-state index contributed by atoms with van der Waals surface area (Å²) in [5.74, 6) is 2.37. The van der Waals surface area contributed by atoms with E-state index in [2.05, 4.69) is 10.2 Å². The Morgan fingerprint density at radius 2 is 2.19 bits per heavy atom. The van der Waals surface area contributed by atoms with Gasteiger partial charge in [-0.3, -0.25) is 0 Å². The molecule has 1 saturated carbocycles. The van der Waals surface area contributed by atoms with E-state index < -0.39 is 0 Å². The van der Waals surface area contributed by atoms with E-state index in [0.717, 1.165) is 13.2 Å². The molecule has 0 radical (unpaired) electrons. The molecule has 16 heavy (non-hydrogen) atoms. The third-order valence-electron chi connectivity index (χ3n) is 3.24. The lowest BCUT2D eigenvalue weighted by atomic mass is 9.97. The number of hydrogen-bond acceptors (Lipinski definition) is 5. The van der Waals surface area contributed by atoms with Crippen LogP contribution in [0.15, 0.2) is 4.42 Å². The SMILES string of the molecule is Cc1nnc(COCC2CCCC2CN)o1. The highest BCUT2D eigenvalue weighted by atomic mass is 16.5. The van der Waals surface area contributed by atoms with Gasteiger partial charge in [-0.05, 0) is 31.2 Å². The second kappa shape index (κ2) is 5.41. The summed E-state index contributed by atoms with van der Waals surface area (Å²) in [6.07, 6.45) is 3.74. The highest BCUT2D eigenvalue weighted by Gasteiger charge is 2.26. The van der Waals surface area contributed by atoms with Crippen LogP contribution in [0.2, 0.25) is 0 Å². The number of nitrogens with zero attached hydrogens (tertiary/aromatic N) is 2. The molecule has 2 unspecified atom stereocenters. The summed E-state index contributed by atoms with van der Waals surface area (Å²) in [7, 11) is 0. The van der Waals surface area contributed by atoms with E-state index in [4.69, 9.17) is 14.9 Å². The number of ether oxygens (including phenoxy) is 1. The van der Waals surface area contributed by atoms with E-state index in [0.29, 0.717) is 30.2 Å². The average molecular weight is 225 g/mol. The zero-order chi connectivity index (χ0) is 11.4. The molecule has 1 fully saturated rings. The molecule has 1 aromatic heterocycles. The van der Waals surface area contributed by atoms with Gasteiger partial charge in [0.15, 0.2) is 0 Å². The van der Waals surface area contributed by atoms with Crippen molar-refractivity contribution in [1.29, 1.82) is 0 Å². The molecule has 90 valence electrons. The van der Waals surface area contributed by atoms with Gasteiger partial charge in [-0.2, -0.15) is 0 Å². The molecule has 0 amide bonds. The summed E-state index contributed by atoms with van der Waals surface area (Å²) in [6.45, 7) is 3.71. The first-order valence-corrected chi connectivity index (χ1v) is 5.86. The number of rotatable bonds is 5. The van der Waals surface area contributed by atoms with Crippen LogP contribution in [0.5, 0.6) is 0 Å². The Balaban J connectivity index is 1.71. The summed E-state index contributed by atoms with van der Waals surface area (Å²) >= 11 is 0. The fraction of sp³-hybridized carbons (Fsp3) is 0.818. The zero-order valence-electron chi connectivity index (χ0n) is 9.69. The molecule has 5 heteroatoms. The van der Waals surface area contributed by atoms with Crippen LogP contribution in [0.3, 0.4) is 0 Å². The van der Waals surface area contributed by atoms with E-state index in [9.17, 15) is 0 Å². The summed E-state index contributed by atoms with van der Waals surface area (Å²) in [6, 6.07) is 0. The summed E-state index contributed by atoms with van der Waals surface area (Å²) in [4.78, 5) is 0. The van der Waals surface area contributed by atoms with Crippen molar-refractivity contribution in [1.82, 2.24) is 10.2 Å². The van der Waals surface area contributed by atoms with Crippen molar-refractivity contribution in [2.24, 2.45) is 17.6 Å². The molecular weight excluding hydrogens is 206 g/mol. The molecule has 0 bridgehead atoms. The Labute approximate surface area is 95.4 Å². The highest BCUT2D eigenvalue weighted by Crippen LogP contribution is 2.31. The third-order valence-corrected chi connectivity index (χ3v) is 3.24. The highest BCUT2D eigenvalue weighted by molar-refractivity contribution is 4.79. The minimum atomic E-state index is 0.411. The van der Waals surface area contributed by atoms with Crippen LogP contribution >= 0.6 is 0 Å². The van der Waals surface area contributed by atoms with E-state index in [1.54, 1.807) is 6.92 Å². The van der Waals surface area contributed by atoms with E-state index in [1.807, 2.05) is 0 Å². The first-order chi connectivity index (χ1) is 7.79. The molecule has 0 aromatic carbocycles. The fourth-order valence-corrected chi connectivity index (χ4v) is 2.34. The molecule has 5 nitrogen and oxygen atoms in total. The van der Waals surface area contributed by atoms with Crippen molar-refractivity contribution in [3.05, 3.63) is 11.8 Å². The Hall–Kier alpha value is -0.940. The Kier molecular flexibility index (Phi) is 3.90. The van der Waals surface area contributed by atoms with Crippen molar-refractivity contribution in [3.8, 4) is 0 Å². The van der Waals surface area contributed by atoms with Crippen molar-refractivity contribution in [2.45, 2.75) is 32.8 Å². The lowest BCUT2D eigenvalue weighted by molar-refractivity contribution is 0.0618. The second-order valence-electron chi connectivity index (χ2n) is 4.42. The van der Waals surface area contributed by atoms with Gasteiger partial charge in [-0.25, -0.2) is 0 Å². The minimum Gasteiger partial charge on any atom is -0.423 e. The number of aromatic nitrogens is 2. The molecule has 1 aliphatic carbocycles. The van der Waals surface area contributed by atoms with E-state index >= 15 is 0 Å². The van der Waals surface area contributed by atoms with Gasteiger partial charge in [0.05, 0.1) is 6.61 Å². The van der Waals surface area contributed by atoms with Gasteiger partial charge in [-0.15, -0.1) is 10.2 Å². The van der Waals surface area contributed by atoms with Crippen molar-refractivity contribution in [2.75, 3.05) is 13.2 Å². The van der Waals surface area contributed by atoms with Crippen LogP contribution in [0, 0.1) is 18.8 Å². The molecule has 0 aliphatic heterocycles. The van der Waals surface area contributed by atoms with Crippen LogP contribution in [-0.2, 0) is 11.3 Å². The molecular formula is C11H19N3O2. The van der Waals surface area contributed by atoms with Gasteiger partial charge in [0.1, 0.15) is 6.61 Å². The van der Waals surface area contributed by atoms with Gasteiger partial charge < -0.3 is 14.9 Å². The average Bonchev–Trinajstić information content (AvgIpc) is 2.87. The van der Waals surface area contributed by atoms with Crippen molar-refractivity contribution < 1.29 is 9.15 Å². The van der Waals surface area contributed by atoms with E-state index in [-0.39, 0.29) is 0 Å². The van der Waals surface area contributed by atoms with Gasteiger partial charge in [0.25, 0.3) is 0 Å². The zero-order valence-corrected chi connectivity index (χ0v) is 9.69. The molecule has 2 N–H and O–H groups in total. The van der Waals surface area contributed by atoms with E-state index in [1.165, 1.54) is 19.3 Å². The smallest absolute Gasteiger partial charge is 0.242 e. The molecule has 0 spiro atoms. The monoisotopic (exact) mass is 225 g/mol. The first kappa shape index (κ1) is 11.5. The topological polar surface area (TPSA) is 74.2 Å². The third kappa shape index (κ3) is 2.80. The van der Waals surface area contributed by atoms with Crippen LogP contribution < -0.4 is 5.73 Å². The number of aryl methyl sites for hydroxylation is 1. The predicted molar refractivity (Wildman–Crippen MR) is 58.6 cm³/mol. The summed E-state index contributed by atoms with van der Waals surface area (Å²) in [5, 5.41) is 7.63. The predicted octanol–water partition coefficient (Wildman–Crippen LogP) is 1.27. The summed E-state index contributed by atoms with van der Waals surface area (Å²) in [5.41, 5.74) is 5.71. The van der Waals surface area contributed by atoms with Gasteiger partial charge >= 0.3 is 0 Å². The molecule has 1 aliphatic rings. The maximum absolute atomic E-state index is 5.71. The van der Waals surface area contributed by atoms with Crippen molar-refractivity contribution >= 4 is 0 Å². The lowest BCUT2D eigenvalue weighted by Gasteiger charge is -2.16. The quantitative estimate of drug-likeness (QED) is 0.816. The summed E-state index contributed by atoms with van der Waals surface area (Å²) < 4.78 is 10.8. The van der Waals surface area contributed by atoms with Crippen LogP contribution in [-0.4, -0.2) is 23.3 Å². The van der Waals surface area contributed by atoms with Gasteiger partial charge in [-0.1, -0.05) is 6.42 Å². The van der Waals surface area contributed by atoms with Crippen LogP contribution in [0.1, 0.15) is 31.0 Å². The first-order valence-electron chi connectivity index (χ1n) is 5.86.